The van der Waals surface area contributed by atoms with Gasteiger partial charge in [-0.05, 0) is 36.3 Å². The van der Waals surface area contributed by atoms with Crippen molar-refractivity contribution >= 4 is 5.69 Å². The van der Waals surface area contributed by atoms with Gasteiger partial charge in [0.05, 0.1) is 11.3 Å². The number of hydrogen-bond donors (Lipinski definition) is 0. The summed E-state index contributed by atoms with van der Waals surface area (Å²) >= 11 is 0. The van der Waals surface area contributed by atoms with Crippen LogP contribution in [0.1, 0.15) is 39.2 Å². The van der Waals surface area contributed by atoms with Crippen molar-refractivity contribution in [3.63, 3.8) is 0 Å². The maximum Gasteiger partial charge on any atom is 0.183 e. The molecule has 0 aromatic heterocycles. The molecule has 1 aromatic carbocycles. The van der Waals surface area contributed by atoms with Gasteiger partial charge in [0.25, 0.3) is 0 Å². The van der Waals surface area contributed by atoms with Gasteiger partial charge in [-0.25, -0.2) is 8.78 Å². The van der Waals surface area contributed by atoms with E-state index < -0.39 is 11.6 Å². The summed E-state index contributed by atoms with van der Waals surface area (Å²) in [6.45, 7) is 8.11. The van der Waals surface area contributed by atoms with Gasteiger partial charge in [-0.3, -0.25) is 0 Å². The van der Waals surface area contributed by atoms with Crippen LogP contribution >= 0.6 is 0 Å². The number of halogens is 2. The summed E-state index contributed by atoms with van der Waals surface area (Å²) in [4.78, 5) is 1.88. The molecule has 1 heterocycles. The highest BCUT2D eigenvalue weighted by Crippen LogP contribution is 2.36. The fourth-order valence-corrected chi connectivity index (χ4v) is 2.86. The van der Waals surface area contributed by atoms with Gasteiger partial charge in [0.2, 0.25) is 0 Å². The largest absolute Gasteiger partial charge is 0.369 e. The van der Waals surface area contributed by atoms with Crippen LogP contribution in [0.4, 0.5) is 14.5 Å². The molecule has 20 heavy (non-hydrogen) atoms. The zero-order valence-electron chi connectivity index (χ0n) is 12.2. The average molecular weight is 278 g/mol. The standard InChI is InChI=1S/C16H20F2N2/c1-16(2,3)12-6-8-20(9-7-12)13-5-4-11(10-19)14(17)15(13)18/h4-5,12H,6-9H2,1-3H3. The van der Waals surface area contributed by atoms with Crippen molar-refractivity contribution in [3.8, 4) is 6.07 Å². The predicted octanol–water partition coefficient (Wildman–Crippen LogP) is 4.10. The first-order valence-corrected chi connectivity index (χ1v) is 6.97. The second-order valence-electron chi connectivity index (χ2n) is 6.50. The van der Waals surface area contributed by atoms with E-state index in [1.54, 1.807) is 6.07 Å². The van der Waals surface area contributed by atoms with E-state index in [4.69, 9.17) is 5.26 Å². The first kappa shape index (κ1) is 14.8. The molecule has 0 saturated carbocycles. The van der Waals surface area contributed by atoms with Crippen molar-refractivity contribution in [3.05, 3.63) is 29.3 Å². The van der Waals surface area contributed by atoms with Gasteiger partial charge in [-0.2, -0.15) is 5.26 Å². The van der Waals surface area contributed by atoms with Crippen molar-refractivity contribution in [2.45, 2.75) is 33.6 Å². The molecule has 1 aliphatic heterocycles. The molecule has 2 nitrogen and oxygen atoms in total. The van der Waals surface area contributed by atoms with E-state index in [1.165, 1.54) is 12.1 Å². The number of benzene rings is 1. The Morgan fingerprint density at radius 3 is 2.25 bits per heavy atom. The Labute approximate surface area is 119 Å². The summed E-state index contributed by atoms with van der Waals surface area (Å²) in [5.41, 5.74) is 0.283. The van der Waals surface area contributed by atoms with E-state index in [0.29, 0.717) is 5.92 Å². The minimum Gasteiger partial charge on any atom is -0.369 e. The van der Waals surface area contributed by atoms with Crippen molar-refractivity contribution in [2.24, 2.45) is 11.3 Å². The van der Waals surface area contributed by atoms with E-state index in [0.717, 1.165) is 25.9 Å². The van der Waals surface area contributed by atoms with Crippen LogP contribution in [-0.2, 0) is 0 Å². The number of anilines is 1. The van der Waals surface area contributed by atoms with Gasteiger partial charge in [-0.1, -0.05) is 20.8 Å². The number of hydrogen-bond acceptors (Lipinski definition) is 2. The normalized spacial score (nSPS) is 17.1. The first-order chi connectivity index (χ1) is 9.34. The Hall–Kier alpha value is -1.63. The van der Waals surface area contributed by atoms with Crippen molar-refractivity contribution in [1.82, 2.24) is 0 Å². The Bertz CT molecular complexity index is 533. The molecule has 1 saturated heterocycles. The van der Waals surface area contributed by atoms with Gasteiger partial charge in [-0.15, -0.1) is 0 Å². The lowest BCUT2D eigenvalue weighted by atomic mass is 9.75. The van der Waals surface area contributed by atoms with Crippen LogP contribution in [-0.4, -0.2) is 13.1 Å². The lowest BCUT2D eigenvalue weighted by Crippen LogP contribution is -2.38. The van der Waals surface area contributed by atoms with Crippen LogP contribution in [0.15, 0.2) is 12.1 Å². The zero-order valence-corrected chi connectivity index (χ0v) is 12.2. The molecule has 2 rings (SSSR count). The Balaban J connectivity index is 2.16. The van der Waals surface area contributed by atoms with Gasteiger partial charge in [0.1, 0.15) is 6.07 Å². The minimum atomic E-state index is -1.04. The molecule has 0 atom stereocenters. The highest BCUT2D eigenvalue weighted by Gasteiger charge is 2.30. The van der Waals surface area contributed by atoms with Gasteiger partial charge < -0.3 is 4.90 Å². The molecule has 1 aromatic rings. The number of nitrogens with zero attached hydrogens (tertiary/aromatic N) is 2. The van der Waals surface area contributed by atoms with E-state index in [2.05, 4.69) is 20.8 Å². The third-order valence-corrected chi connectivity index (χ3v) is 4.24. The SMILES string of the molecule is CC(C)(C)C1CCN(c2ccc(C#N)c(F)c2F)CC1. The Morgan fingerprint density at radius 2 is 1.75 bits per heavy atom. The fraction of sp³-hybridized carbons (Fsp3) is 0.562. The first-order valence-electron chi connectivity index (χ1n) is 6.97. The van der Waals surface area contributed by atoms with Crippen LogP contribution in [0.3, 0.4) is 0 Å². The molecule has 0 N–H and O–H groups in total. The maximum absolute atomic E-state index is 14.0. The molecule has 0 bridgehead atoms. The monoisotopic (exact) mass is 278 g/mol. The molecule has 1 fully saturated rings. The van der Waals surface area contributed by atoms with E-state index >= 15 is 0 Å². The van der Waals surface area contributed by atoms with Crippen LogP contribution in [0.25, 0.3) is 0 Å². The molecule has 0 amide bonds. The summed E-state index contributed by atoms with van der Waals surface area (Å²) in [7, 11) is 0. The summed E-state index contributed by atoms with van der Waals surface area (Å²) in [5.74, 6) is -1.34. The highest BCUT2D eigenvalue weighted by atomic mass is 19.2. The molecular weight excluding hydrogens is 258 g/mol. The summed E-state index contributed by atoms with van der Waals surface area (Å²) in [6, 6.07) is 4.52. The Kier molecular flexibility index (Phi) is 3.99. The van der Waals surface area contributed by atoms with Crippen LogP contribution in [0.2, 0.25) is 0 Å². The van der Waals surface area contributed by atoms with E-state index in [9.17, 15) is 8.78 Å². The second kappa shape index (κ2) is 5.40. The van der Waals surface area contributed by atoms with Crippen molar-refractivity contribution < 1.29 is 8.78 Å². The van der Waals surface area contributed by atoms with Crippen LogP contribution in [0, 0.1) is 34.3 Å². The second-order valence-corrected chi connectivity index (χ2v) is 6.50. The van der Waals surface area contributed by atoms with Crippen LogP contribution in [0.5, 0.6) is 0 Å². The van der Waals surface area contributed by atoms with E-state index in [-0.39, 0.29) is 16.7 Å². The zero-order chi connectivity index (χ0) is 14.9. The molecule has 4 heteroatoms. The summed E-state index contributed by atoms with van der Waals surface area (Å²) in [5, 5.41) is 8.70. The van der Waals surface area contributed by atoms with E-state index in [1.807, 2.05) is 4.90 Å². The van der Waals surface area contributed by atoms with Gasteiger partial charge in [0, 0.05) is 13.1 Å². The summed E-state index contributed by atoms with van der Waals surface area (Å²) in [6.07, 6.45) is 1.95. The molecule has 1 aliphatic rings. The molecular formula is C16H20F2N2. The summed E-state index contributed by atoms with van der Waals surface area (Å²) < 4.78 is 27.7. The maximum atomic E-state index is 14.0. The predicted molar refractivity (Wildman–Crippen MR) is 75.5 cm³/mol. The smallest absolute Gasteiger partial charge is 0.183 e. The third-order valence-electron chi connectivity index (χ3n) is 4.24. The highest BCUT2D eigenvalue weighted by molar-refractivity contribution is 5.52. The number of rotatable bonds is 1. The average Bonchev–Trinajstić information content (AvgIpc) is 2.41. The van der Waals surface area contributed by atoms with Crippen molar-refractivity contribution in [1.29, 1.82) is 5.26 Å². The lowest BCUT2D eigenvalue weighted by molar-refractivity contribution is 0.198. The third kappa shape index (κ3) is 2.77. The fourth-order valence-electron chi connectivity index (χ4n) is 2.86. The topological polar surface area (TPSA) is 27.0 Å². The molecule has 108 valence electrons. The molecule has 0 radical (unpaired) electrons. The molecule has 0 spiro atoms. The van der Waals surface area contributed by atoms with Gasteiger partial charge in [0.15, 0.2) is 11.6 Å². The lowest BCUT2D eigenvalue weighted by Gasteiger charge is -2.39. The quantitative estimate of drug-likeness (QED) is 0.773. The Morgan fingerprint density at radius 1 is 1.15 bits per heavy atom. The number of piperidine rings is 1. The van der Waals surface area contributed by atoms with Gasteiger partial charge >= 0.3 is 0 Å². The van der Waals surface area contributed by atoms with Crippen molar-refractivity contribution in [2.75, 3.05) is 18.0 Å². The minimum absolute atomic E-state index is 0.240. The number of nitriles is 1. The molecule has 0 aliphatic carbocycles. The van der Waals surface area contributed by atoms with Crippen LogP contribution < -0.4 is 4.90 Å². The molecule has 0 unspecified atom stereocenters.